The molecule has 2 aromatic carbocycles. The lowest BCUT2D eigenvalue weighted by atomic mass is 10.2. The zero-order chi connectivity index (χ0) is 18.2. The van der Waals surface area contributed by atoms with Crippen LogP contribution < -0.4 is 4.72 Å². The van der Waals surface area contributed by atoms with Crippen molar-refractivity contribution in [3.63, 3.8) is 0 Å². The summed E-state index contributed by atoms with van der Waals surface area (Å²) in [4.78, 5) is 3.65. The van der Waals surface area contributed by atoms with Crippen LogP contribution in [0.25, 0.3) is 10.2 Å². The maximum absolute atomic E-state index is 12.8. The van der Waals surface area contributed by atoms with Crippen molar-refractivity contribution in [2.24, 2.45) is 0 Å². The summed E-state index contributed by atoms with van der Waals surface area (Å²) in [5, 5.41) is 0.206. The van der Waals surface area contributed by atoms with Gasteiger partial charge in [-0.1, -0.05) is 23.7 Å². The lowest BCUT2D eigenvalue weighted by Gasteiger charge is -2.11. The van der Waals surface area contributed by atoms with Crippen molar-refractivity contribution in [1.82, 2.24) is 9.71 Å². The van der Waals surface area contributed by atoms with Crippen molar-refractivity contribution in [2.75, 3.05) is 0 Å². The Morgan fingerprint density at radius 3 is 2.56 bits per heavy atom. The number of rotatable bonds is 4. The first-order valence-electron chi connectivity index (χ1n) is 6.88. The zero-order valence-corrected chi connectivity index (χ0v) is 14.7. The van der Waals surface area contributed by atoms with Gasteiger partial charge in [0.1, 0.15) is 9.90 Å². The van der Waals surface area contributed by atoms with E-state index in [9.17, 15) is 21.6 Å². The molecule has 0 bridgehead atoms. The van der Waals surface area contributed by atoms with Crippen molar-refractivity contribution in [3.05, 3.63) is 58.1 Å². The molecule has 0 aliphatic rings. The van der Waals surface area contributed by atoms with Crippen molar-refractivity contribution in [1.29, 1.82) is 0 Å². The number of halogens is 4. The topological polar surface area (TPSA) is 59.1 Å². The number of aromatic nitrogens is 1. The molecule has 0 saturated heterocycles. The highest BCUT2D eigenvalue weighted by atomic mass is 35.5. The van der Waals surface area contributed by atoms with Crippen LogP contribution in [0.1, 0.15) is 10.6 Å². The second-order valence-electron chi connectivity index (χ2n) is 5.04. The average Bonchev–Trinajstić information content (AvgIpc) is 2.95. The summed E-state index contributed by atoms with van der Waals surface area (Å²) < 4.78 is 66.2. The number of hydrogen-bond donors (Lipinski definition) is 1. The Labute approximate surface area is 150 Å². The number of alkyl halides is 3. The molecule has 25 heavy (non-hydrogen) atoms. The molecule has 3 aromatic rings. The number of nitrogens with one attached hydrogen (secondary N) is 1. The molecular weight excluding hydrogens is 397 g/mol. The first-order valence-corrected chi connectivity index (χ1v) is 9.55. The Bertz CT molecular complexity index is 1000. The van der Waals surface area contributed by atoms with Crippen LogP contribution in [0.3, 0.4) is 0 Å². The molecule has 0 unspecified atom stereocenters. The lowest BCUT2D eigenvalue weighted by molar-refractivity contribution is -0.137. The van der Waals surface area contributed by atoms with Gasteiger partial charge in [-0.15, -0.1) is 11.3 Å². The number of fused-ring (bicyclic) bond motifs is 1. The van der Waals surface area contributed by atoms with Gasteiger partial charge in [-0.2, -0.15) is 13.2 Å². The van der Waals surface area contributed by atoms with E-state index in [-0.39, 0.29) is 11.6 Å². The minimum Gasteiger partial charge on any atom is -0.240 e. The predicted octanol–water partition coefficient (Wildman–Crippen LogP) is 4.45. The highest BCUT2D eigenvalue weighted by Crippen LogP contribution is 2.33. The van der Waals surface area contributed by atoms with Gasteiger partial charge >= 0.3 is 6.18 Å². The second-order valence-corrected chi connectivity index (χ2v) is 8.30. The van der Waals surface area contributed by atoms with Crippen LogP contribution in [-0.4, -0.2) is 13.4 Å². The van der Waals surface area contributed by atoms with Crippen LogP contribution >= 0.6 is 22.9 Å². The molecule has 1 N–H and O–H groups in total. The van der Waals surface area contributed by atoms with Crippen molar-refractivity contribution < 1.29 is 21.6 Å². The summed E-state index contributed by atoms with van der Waals surface area (Å²) in [5.41, 5.74) is -0.365. The van der Waals surface area contributed by atoms with Crippen molar-refractivity contribution in [2.45, 2.75) is 17.6 Å². The number of para-hydroxylation sites is 1. The number of benzene rings is 2. The fourth-order valence-electron chi connectivity index (χ4n) is 2.12. The maximum Gasteiger partial charge on any atom is 0.416 e. The number of thiazole rings is 1. The predicted molar refractivity (Wildman–Crippen MR) is 90.1 cm³/mol. The van der Waals surface area contributed by atoms with Gasteiger partial charge in [0.2, 0.25) is 10.0 Å². The molecule has 4 nitrogen and oxygen atoms in total. The Morgan fingerprint density at radius 2 is 1.88 bits per heavy atom. The molecule has 0 saturated carbocycles. The van der Waals surface area contributed by atoms with Gasteiger partial charge in [0.05, 0.1) is 27.3 Å². The Balaban J connectivity index is 1.86. The van der Waals surface area contributed by atoms with Crippen LogP contribution in [0, 0.1) is 0 Å². The molecule has 0 fully saturated rings. The summed E-state index contributed by atoms with van der Waals surface area (Å²) in [7, 11) is -4.22. The van der Waals surface area contributed by atoms with Gasteiger partial charge in [-0.25, -0.2) is 18.1 Å². The van der Waals surface area contributed by atoms with E-state index < -0.39 is 26.7 Å². The fraction of sp³-hybridized carbons (Fsp3) is 0.133. The number of sulfonamides is 1. The molecule has 0 amide bonds. The molecule has 3 rings (SSSR count). The highest BCUT2D eigenvalue weighted by molar-refractivity contribution is 7.89. The van der Waals surface area contributed by atoms with Crippen molar-refractivity contribution >= 4 is 43.2 Å². The zero-order valence-electron chi connectivity index (χ0n) is 12.3. The number of hydrogen-bond acceptors (Lipinski definition) is 4. The normalized spacial score (nSPS) is 12.6. The van der Waals surface area contributed by atoms with Gasteiger partial charge in [-0.05, 0) is 30.3 Å². The van der Waals surface area contributed by atoms with Gasteiger partial charge in [0.15, 0.2) is 0 Å². The molecular formula is C15H10ClF3N2O2S2. The SMILES string of the molecule is O=S(=O)(NCc1nc2ccccc2s1)c1cc(C(F)(F)F)ccc1Cl. The molecule has 0 radical (unpaired) electrons. The van der Waals surface area contributed by atoms with Gasteiger partial charge in [-0.3, -0.25) is 0 Å². The van der Waals surface area contributed by atoms with E-state index in [1.54, 1.807) is 12.1 Å². The number of nitrogens with zero attached hydrogens (tertiary/aromatic N) is 1. The second kappa shape index (κ2) is 6.56. The minimum atomic E-state index is -4.66. The molecule has 1 aromatic heterocycles. The van der Waals surface area contributed by atoms with Crippen LogP contribution in [0.2, 0.25) is 5.02 Å². The molecule has 10 heteroatoms. The Morgan fingerprint density at radius 1 is 1.16 bits per heavy atom. The van der Waals surface area contributed by atoms with Gasteiger partial charge in [0.25, 0.3) is 0 Å². The third-order valence-electron chi connectivity index (χ3n) is 3.30. The summed E-state index contributed by atoms with van der Waals surface area (Å²) in [5.74, 6) is 0. The minimum absolute atomic E-state index is 0.145. The molecule has 1 heterocycles. The van der Waals surface area contributed by atoms with Crippen LogP contribution in [0.4, 0.5) is 13.2 Å². The standard InChI is InChI=1S/C15H10ClF3N2O2S2/c16-10-6-5-9(15(17,18)19)7-13(10)25(22,23)20-8-14-21-11-3-1-2-4-12(11)24-14/h1-7,20H,8H2. The molecule has 0 spiro atoms. The van der Waals surface area contributed by atoms with Crippen molar-refractivity contribution in [3.8, 4) is 0 Å². The third-order valence-corrected chi connectivity index (χ3v) is 6.22. The van der Waals surface area contributed by atoms with E-state index in [4.69, 9.17) is 11.6 Å². The third kappa shape index (κ3) is 3.95. The Hall–Kier alpha value is -1.68. The van der Waals surface area contributed by atoms with Crippen LogP contribution in [-0.2, 0) is 22.7 Å². The van der Waals surface area contributed by atoms with Crippen LogP contribution in [0.15, 0.2) is 47.4 Å². The first kappa shape index (κ1) is 18.1. The molecule has 0 aliphatic carbocycles. The van der Waals surface area contributed by atoms with E-state index in [1.165, 1.54) is 11.3 Å². The average molecular weight is 407 g/mol. The molecule has 0 atom stereocenters. The smallest absolute Gasteiger partial charge is 0.240 e. The lowest BCUT2D eigenvalue weighted by Crippen LogP contribution is -2.24. The van der Waals surface area contributed by atoms with Gasteiger partial charge < -0.3 is 0 Å². The highest BCUT2D eigenvalue weighted by Gasteiger charge is 2.32. The van der Waals surface area contributed by atoms with E-state index in [0.29, 0.717) is 11.1 Å². The fourth-order valence-corrected chi connectivity index (χ4v) is 4.63. The Kier molecular flexibility index (Phi) is 4.76. The van der Waals surface area contributed by atoms with Crippen LogP contribution in [0.5, 0.6) is 0 Å². The molecule has 0 aliphatic heterocycles. The summed E-state index contributed by atoms with van der Waals surface area (Å²) >= 11 is 7.07. The first-order chi connectivity index (χ1) is 11.7. The molecule has 132 valence electrons. The van der Waals surface area contributed by atoms with E-state index in [2.05, 4.69) is 9.71 Å². The van der Waals surface area contributed by atoms with E-state index in [0.717, 1.165) is 22.3 Å². The largest absolute Gasteiger partial charge is 0.416 e. The summed E-state index contributed by atoms with van der Waals surface area (Å²) in [6.07, 6.45) is -4.66. The van der Waals surface area contributed by atoms with E-state index >= 15 is 0 Å². The summed E-state index contributed by atoms with van der Waals surface area (Å²) in [6, 6.07) is 9.42. The summed E-state index contributed by atoms with van der Waals surface area (Å²) in [6.45, 7) is -0.145. The monoisotopic (exact) mass is 406 g/mol. The maximum atomic E-state index is 12.8. The van der Waals surface area contributed by atoms with Gasteiger partial charge in [0, 0.05) is 0 Å². The quantitative estimate of drug-likeness (QED) is 0.696. The van der Waals surface area contributed by atoms with E-state index in [1.807, 2.05) is 12.1 Å².